The Bertz CT molecular complexity index is 383. The Labute approximate surface area is 88.0 Å². The zero-order valence-electron chi connectivity index (χ0n) is 8.98. The second kappa shape index (κ2) is 3.86. The molecule has 1 rings (SSSR count). The van der Waals surface area contributed by atoms with Gasteiger partial charge in [-0.15, -0.1) is 0 Å². The molecule has 0 aromatic heterocycles. The molecule has 1 aromatic rings. The molecule has 0 aliphatic carbocycles. The first-order valence-electron chi connectivity index (χ1n) is 4.48. The molecule has 0 aliphatic heterocycles. The molecule has 0 radical (unpaired) electrons. The molecule has 0 fully saturated rings. The fourth-order valence-corrected chi connectivity index (χ4v) is 1.23. The summed E-state index contributed by atoms with van der Waals surface area (Å²) < 4.78 is 4.89. The molecule has 15 heavy (non-hydrogen) atoms. The molecule has 82 valence electrons. The van der Waals surface area contributed by atoms with Crippen molar-refractivity contribution in [3.8, 4) is 5.75 Å². The fraction of sp³-hybridized carbons (Fsp3) is 0.400. The lowest BCUT2D eigenvalue weighted by Gasteiger charge is -2.19. The number of methoxy groups -OCH3 is 1. The maximum Gasteiger partial charge on any atom is 0.311 e. The Morgan fingerprint density at radius 2 is 2.07 bits per heavy atom. The average molecular weight is 210 g/mol. The Balaban J connectivity index is 3.28. The minimum absolute atomic E-state index is 0.0616. The summed E-state index contributed by atoms with van der Waals surface area (Å²) in [6.45, 7) is 3.58. The molecule has 0 saturated heterocycles. The van der Waals surface area contributed by atoms with Crippen LogP contribution in [0.15, 0.2) is 18.2 Å². The average Bonchev–Trinajstić information content (AvgIpc) is 2.15. The van der Waals surface area contributed by atoms with Crippen molar-refractivity contribution >= 4 is 5.69 Å². The SMILES string of the molecule is COc1ccc(C(C)(C)N)cc1[N+](=O)[O-]. The number of benzene rings is 1. The lowest BCUT2D eigenvalue weighted by Crippen LogP contribution is -2.28. The smallest absolute Gasteiger partial charge is 0.311 e. The second-order valence-electron chi connectivity index (χ2n) is 3.87. The molecule has 5 nitrogen and oxygen atoms in total. The van der Waals surface area contributed by atoms with Gasteiger partial charge in [-0.1, -0.05) is 6.07 Å². The van der Waals surface area contributed by atoms with Crippen LogP contribution in [0, 0.1) is 10.1 Å². The van der Waals surface area contributed by atoms with E-state index < -0.39 is 10.5 Å². The summed E-state index contributed by atoms with van der Waals surface area (Å²) in [5.74, 6) is 0.244. The molecular formula is C10H14N2O3. The van der Waals surface area contributed by atoms with Crippen LogP contribution in [-0.2, 0) is 5.54 Å². The zero-order valence-corrected chi connectivity index (χ0v) is 8.98. The number of hydrogen-bond acceptors (Lipinski definition) is 4. The van der Waals surface area contributed by atoms with Gasteiger partial charge in [-0.3, -0.25) is 10.1 Å². The number of nitrogens with two attached hydrogens (primary N) is 1. The van der Waals surface area contributed by atoms with Gasteiger partial charge in [0.25, 0.3) is 0 Å². The standard InChI is InChI=1S/C10H14N2O3/c1-10(2,11)7-4-5-9(15-3)8(6-7)12(13)14/h4-6H,11H2,1-3H3. The van der Waals surface area contributed by atoms with Crippen molar-refractivity contribution in [3.05, 3.63) is 33.9 Å². The van der Waals surface area contributed by atoms with Crippen molar-refractivity contribution in [2.24, 2.45) is 5.73 Å². The van der Waals surface area contributed by atoms with Gasteiger partial charge in [0.05, 0.1) is 12.0 Å². The van der Waals surface area contributed by atoms with Crippen LogP contribution >= 0.6 is 0 Å². The van der Waals surface area contributed by atoms with E-state index in [-0.39, 0.29) is 11.4 Å². The normalized spacial score (nSPS) is 11.2. The highest BCUT2D eigenvalue weighted by molar-refractivity contribution is 5.49. The number of nitro benzene ring substituents is 1. The highest BCUT2D eigenvalue weighted by Gasteiger charge is 2.21. The number of nitro groups is 1. The van der Waals surface area contributed by atoms with Gasteiger partial charge in [-0.2, -0.15) is 0 Å². The molecule has 0 bridgehead atoms. The lowest BCUT2D eigenvalue weighted by atomic mass is 9.95. The maximum absolute atomic E-state index is 10.7. The minimum Gasteiger partial charge on any atom is -0.490 e. The Hall–Kier alpha value is -1.62. The van der Waals surface area contributed by atoms with Crippen molar-refractivity contribution in [3.63, 3.8) is 0 Å². The van der Waals surface area contributed by atoms with E-state index >= 15 is 0 Å². The Morgan fingerprint density at radius 1 is 1.47 bits per heavy atom. The maximum atomic E-state index is 10.7. The van der Waals surface area contributed by atoms with Crippen LogP contribution in [0.5, 0.6) is 5.75 Å². The molecule has 0 aliphatic rings. The van der Waals surface area contributed by atoms with Gasteiger partial charge in [-0.25, -0.2) is 0 Å². The summed E-state index contributed by atoms with van der Waals surface area (Å²) in [5.41, 5.74) is 5.90. The van der Waals surface area contributed by atoms with Gasteiger partial charge in [-0.05, 0) is 25.5 Å². The van der Waals surface area contributed by atoms with E-state index in [1.807, 2.05) is 0 Å². The van der Waals surface area contributed by atoms with Crippen LogP contribution in [0.3, 0.4) is 0 Å². The number of hydrogen-bond donors (Lipinski definition) is 1. The van der Waals surface area contributed by atoms with E-state index in [0.717, 1.165) is 0 Å². The predicted octanol–water partition coefficient (Wildman–Crippen LogP) is 1.80. The molecule has 0 amide bonds. The van der Waals surface area contributed by atoms with Gasteiger partial charge in [0.15, 0.2) is 5.75 Å². The molecule has 5 heteroatoms. The third-order valence-electron chi connectivity index (χ3n) is 2.12. The third kappa shape index (κ3) is 2.44. The van der Waals surface area contributed by atoms with Crippen molar-refractivity contribution in [2.75, 3.05) is 7.11 Å². The lowest BCUT2D eigenvalue weighted by molar-refractivity contribution is -0.385. The van der Waals surface area contributed by atoms with Crippen LogP contribution < -0.4 is 10.5 Å². The highest BCUT2D eigenvalue weighted by atomic mass is 16.6. The molecule has 2 N–H and O–H groups in total. The van der Waals surface area contributed by atoms with E-state index in [0.29, 0.717) is 5.56 Å². The highest BCUT2D eigenvalue weighted by Crippen LogP contribution is 2.30. The van der Waals surface area contributed by atoms with Crippen LogP contribution in [0.2, 0.25) is 0 Å². The zero-order chi connectivity index (χ0) is 11.6. The van der Waals surface area contributed by atoms with Crippen molar-refractivity contribution < 1.29 is 9.66 Å². The van der Waals surface area contributed by atoms with Gasteiger partial charge in [0, 0.05) is 11.6 Å². The van der Waals surface area contributed by atoms with Crippen molar-refractivity contribution in [2.45, 2.75) is 19.4 Å². The fourth-order valence-electron chi connectivity index (χ4n) is 1.23. The number of ether oxygens (including phenoxy) is 1. The van der Waals surface area contributed by atoms with E-state index in [4.69, 9.17) is 10.5 Å². The largest absolute Gasteiger partial charge is 0.490 e. The second-order valence-corrected chi connectivity index (χ2v) is 3.87. The summed E-state index contributed by atoms with van der Waals surface area (Å²) in [6.07, 6.45) is 0. The van der Waals surface area contributed by atoms with Crippen LogP contribution in [0.1, 0.15) is 19.4 Å². The first kappa shape index (κ1) is 11.5. The van der Waals surface area contributed by atoms with Crippen LogP contribution in [0.4, 0.5) is 5.69 Å². The van der Waals surface area contributed by atoms with Crippen molar-refractivity contribution in [1.29, 1.82) is 0 Å². The van der Waals surface area contributed by atoms with E-state index in [9.17, 15) is 10.1 Å². The molecular weight excluding hydrogens is 196 g/mol. The van der Waals surface area contributed by atoms with Gasteiger partial charge in [0.1, 0.15) is 0 Å². The quantitative estimate of drug-likeness (QED) is 0.609. The topological polar surface area (TPSA) is 78.4 Å². The van der Waals surface area contributed by atoms with E-state index in [2.05, 4.69) is 0 Å². The summed E-state index contributed by atoms with van der Waals surface area (Å²) in [4.78, 5) is 10.3. The predicted molar refractivity (Wildman–Crippen MR) is 56.9 cm³/mol. The van der Waals surface area contributed by atoms with Crippen LogP contribution in [0.25, 0.3) is 0 Å². The number of rotatable bonds is 3. The van der Waals surface area contributed by atoms with Gasteiger partial charge >= 0.3 is 5.69 Å². The third-order valence-corrected chi connectivity index (χ3v) is 2.12. The van der Waals surface area contributed by atoms with E-state index in [1.165, 1.54) is 13.2 Å². The summed E-state index contributed by atoms with van der Waals surface area (Å²) in [5, 5.41) is 10.7. The first-order chi connectivity index (χ1) is 6.86. The first-order valence-corrected chi connectivity index (χ1v) is 4.48. The summed E-state index contributed by atoms with van der Waals surface area (Å²) in [7, 11) is 1.40. The Kier molecular flexibility index (Phi) is 2.95. The molecule has 0 saturated carbocycles. The minimum atomic E-state index is -0.600. The van der Waals surface area contributed by atoms with Gasteiger partial charge in [0.2, 0.25) is 0 Å². The van der Waals surface area contributed by atoms with Crippen molar-refractivity contribution in [1.82, 2.24) is 0 Å². The summed E-state index contributed by atoms with van der Waals surface area (Å²) in [6, 6.07) is 4.73. The van der Waals surface area contributed by atoms with E-state index in [1.54, 1.807) is 26.0 Å². The van der Waals surface area contributed by atoms with Crippen LogP contribution in [-0.4, -0.2) is 12.0 Å². The van der Waals surface area contributed by atoms with Gasteiger partial charge < -0.3 is 10.5 Å². The molecule has 0 atom stereocenters. The monoisotopic (exact) mass is 210 g/mol. The molecule has 0 spiro atoms. The Morgan fingerprint density at radius 3 is 2.47 bits per heavy atom. The molecule has 1 aromatic carbocycles. The molecule has 0 heterocycles. The summed E-state index contributed by atoms with van der Waals surface area (Å²) >= 11 is 0. The molecule has 0 unspecified atom stereocenters. The number of nitrogens with zero attached hydrogens (tertiary/aromatic N) is 1.